The Labute approximate surface area is 178 Å². The predicted octanol–water partition coefficient (Wildman–Crippen LogP) is 4.99. The molecule has 2 aromatic rings. The Kier molecular flexibility index (Phi) is 7.16. The molecule has 0 aliphatic carbocycles. The van der Waals surface area contributed by atoms with Crippen molar-refractivity contribution < 1.29 is 0 Å². The molecular formula is C21H26Cl3N3. The lowest BCUT2D eigenvalue weighted by Crippen LogP contribution is -2.47. The van der Waals surface area contributed by atoms with Crippen LogP contribution in [-0.2, 0) is 6.42 Å². The predicted molar refractivity (Wildman–Crippen MR) is 119 cm³/mol. The summed E-state index contributed by atoms with van der Waals surface area (Å²) >= 11 is 12.5. The van der Waals surface area contributed by atoms with Crippen molar-refractivity contribution in [2.24, 2.45) is 0 Å². The minimum absolute atomic E-state index is 0. The van der Waals surface area contributed by atoms with Gasteiger partial charge in [0.15, 0.2) is 0 Å². The van der Waals surface area contributed by atoms with Crippen molar-refractivity contribution in [1.82, 2.24) is 4.90 Å². The molecule has 0 N–H and O–H groups in total. The summed E-state index contributed by atoms with van der Waals surface area (Å²) in [6.07, 6.45) is 2.40. The quantitative estimate of drug-likeness (QED) is 0.667. The molecule has 2 aliphatic heterocycles. The summed E-state index contributed by atoms with van der Waals surface area (Å²) in [7, 11) is 0. The Morgan fingerprint density at radius 2 is 1.52 bits per heavy atom. The van der Waals surface area contributed by atoms with Crippen LogP contribution < -0.4 is 9.80 Å². The van der Waals surface area contributed by atoms with E-state index >= 15 is 0 Å². The lowest BCUT2D eigenvalue weighted by molar-refractivity contribution is 0.256. The van der Waals surface area contributed by atoms with E-state index in [9.17, 15) is 0 Å². The largest absolute Gasteiger partial charge is 0.371 e. The minimum Gasteiger partial charge on any atom is -0.371 e. The van der Waals surface area contributed by atoms with E-state index in [2.05, 4.69) is 45.0 Å². The van der Waals surface area contributed by atoms with Crippen molar-refractivity contribution in [1.29, 1.82) is 0 Å². The molecule has 0 radical (unpaired) electrons. The van der Waals surface area contributed by atoms with Crippen LogP contribution in [-0.4, -0.2) is 50.7 Å². The molecule has 0 atom stereocenters. The molecule has 0 spiro atoms. The number of halogens is 3. The van der Waals surface area contributed by atoms with Crippen LogP contribution in [0.25, 0.3) is 0 Å². The fourth-order valence-corrected chi connectivity index (χ4v) is 4.49. The van der Waals surface area contributed by atoms with Gasteiger partial charge in [-0.1, -0.05) is 47.5 Å². The van der Waals surface area contributed by atoms with Gasteiger partial charge in [-0.05, 0) is 43.1 Å². The molecule has 6 heteroatoms. The molecule has 0 amide bonds. The summed E-state index contributed by atoms with van der Waals surface area (Å²) < 4.78 is 0. The number of benzene rings is 2. The van der Waals surface area contributed by atoms with Gasteiger partial charge in [-0.15, -0.1) is 12.4 Å². The van der Waals surface area contributed by atoms with Gasteiger partial charge in [0.05, 0.1) is 15.7 Å². The van der Waals surface area contributed by atoms with E-state index in [1.165, 1.54) is 30.6 Å². The summed E-state index contributed by atoms with van der Waals surface area (Å²) in [6, 6.07) is 14.7. The molecular weight excluding hydrogens is 401 g/mol. The third kappa shape index (κ3) is 4.65. The smallest absolute Gasteiger partial charge is 0.0825 e. The summed E-state index contributed by atoms with van der Waals surface area (Å²) in [5.74, 6) is 0. The van der Waals surface area contributed by atoms with E-state index in [1.807, 2.05) is 12.1 Å². The Hall–Kier alpha value is -1.13. The van der Waals surface area contributed by atoms with Gasteiger partial charge in [0.25, 0.3) is 0 Å². The SMILES string of the molecule is Cl.Clc1cccc(N2CCN(CCCN3CCc4ccccc43)CC2)c1Cl. The van der Waals surface area contributed by atoms with Gasteiger partial charge in [0, 0.05) is 45.0 Å². The fourth-order valence-electron chi connectivity index (χ4n) is 4.07. The number of nitrogens with zero attached hydrogens (tertiary/aromatic N) is 3. The number of anilines is 2. The van der Waals surface area contributed by atoms with Crippen molar-refractivity contribution >= 4 is 47.0 Å². The molecule has 0 saturated carbocycles. The number of fused-ring (bicyclic) bond motifs is 1. The second kappa shape index (κ2) is 9.38. The monoisotopic (exact) mass is 425 g/mol. The number of hydrogen-bond acceptors (Lipinski definition) is 3. The highest BCUT2D eigenvalue weighted by Gasteiger charge is 2.21. The second-order valence-corrected chi connectivity index (χ2v) is 7.91. The number of rotatable bonds is 5. The lowest BCUT2D eigenvalue weighted by Gasteiger charge is -2.36. The zero-order valence-electron chi connectivity index (χ0n) is 15.4. The Morgan fingerprint density at radius 1 is 0.778 bits per heavy atom. The zero-order valence-corrected chi connectivity index (χ0v) is 17.7. The Bertz CT molecular complexity index is 760. The maximum absolute atomic E-state index is 6.37. The maximum atomic E-state index is 6.37. The van der Waals surface area contributed by atoms with E-state index in [1.54, 1.807) is 0 Å². The third-order valence-corrected chi connectivity index (χ3v) is 6.34. The van der Waals surface area contributed by atoms with Crippen molar-refractivity contribution in [3.8, 4) is 0 Å². The van der Waals surface area contributed by atoms with Crippen LogP contribution in [0.4, 0.5) is 11.4 Å². The van der Waals surface area contributed by atoms with Gasteiger partial charge < -0.3 is 9.80 Å². The van der Waals surface area contributed by atoms with Gasteiger partial charge in [0.2, 0.25) is 0 Å². The number of para-hydroxylation sites is 1. The molecule has 2 aromatic carbocycles. The summed E-state index contributed by atoms with van der Waals surface area (Å²) in [6.45, 7) is 7.66. The van der Waals surface area contributed by atoms with Crippen molar-refractivity contribution in [3.63, 3.8) is 0 Å². The highest BCUT2D eigenvalue weighted by atomic mass is 35.5. The first kappa shape index (κ1) is 20.6. The van der Waals surface area contributed by atoms with E-state index in [-0.39, 0.29) is 12.4 Å². The molecule has 0 unspecified atom stereocenters. The van der Waals surface area contributed by atoms with Crippen LogP contribution in [0.5, 0.6) is 0 Å². The van der Waals surface area contributed by atoms with Gasteiger partial charge in [-0.3, -0.25) is 4.90 Å². The third-order valence-electron chi connectivity index (χ3n) is 5.53. The van der Waals surface area contributed by atoms with E-state index in [0.29, 0.717) is 10.0 Å². The first-order chi connectivity index (χ1) is 12.7. The standard InChI is InChI=1S/C21H25Cl2N3.ClH/c22-18-6-3-8-20(21(18)23)26-15-13-24(14-16-26)10-4-11-25-12-9-17-5-1-2-7-19(17)25;/h1-3,5-8H,4,9-16H2;1H. The Balaban J connectivity index is 0.00000210. The highest BCUT2D eigenvalue weighted by molar-refractivity contribution is 6.43. The van der Waals surface area contributed by atoms with Gasteiger partial charge in [0.1, 0.15) is 0 Å². The number of hydrogen-bond donors (Lipinski definition) is 0. The first-order valence-electron chi connectivity index (χ1n) is 9.46. The van der Waals surface area contributed by atoms with E-state index < -0.39 is 0 Å². The molecule has 1 saturated heterocycles. The van der Waals surface area contributed by atoms with Crippen molar-refractivity contribution in [3.05, 3.63) is 58.1 Å². The second-order valence-electron chi connectivity index (χ2n) is 7.12. The molecule has 27 heavy (non-hydrogen) atoms. The first-order valence-corrected chi connectivity index (χ1v) is 10.2. The van der Waals surface area contributed by atoms with Gasteiger partial charge >= 0.3 is 0 Å². The normalized spacial score (nSPS) is 17.0. The van der Waals surface area contributed by atoms with Crippen LogP contribution >= 0.6 is 35.6 Å². The van der Waals surface area contributed by atoms with E-state index in [0.717, 1.165) is 45.0 Å². The summed E-state index contributed by atoms with van der Waals surface area (Å²) in [4.78, 5) is 7.45. The van der Waals surface area contributed by atoms with Crippen molar-refractivity contribution in [2.75, 3.05) is 55.6 Å². The summed E-state index contributed by atoms with van der Waals surface area (Å²) in [5.41, 5.74) is 4.00. The van der Waals surface area contributed by atoms with Crippen molar-refractivity contribution in [2.45, 2.75) is 12.8 Å². The van der Waals surface area contributed by atoms with Gasteiger partial charge in [-0.25, -0.2) is 0 Å². The average Bonchev–Trinajstić information content (AvgIpc) is 3.08. The minimum atomic E-state index is 0. The molecule has 2 heterocycles. The van der Waals surface area contributed by atoms with Crippen LogP contribution in [0.2, 0.25) is 10.0 Å². The molecule has 146 valence electrons. The van der Waals surface area contributed by atoms with Crippen LogP contribution in [0.3, 0.4) is 0 Å². The highest BCUT2D eigenvalue weighted by Crippen LogP contribution is 2.33. The molecule has 1 fully saturated rings. The topological polar surface area (TPSA) is 9.72 Å². The molecule has 2 aliphatic rings. The fraction of sp³-hybridized carbons (Fsp3) is 0.429. The molecule has 0 aromatic heterocycles. The molecule has 3 nitrogen and oxygen atoms in total. The van der Waals surface area contributed by atoms with Crippen LogP contribution in [0.15, 0.2) is 42.5 Å². The van der Waals surface area contributed by atoms with E-state index in [4.69, 9.17) is 23.2 Å². The average molecular weight is 427 g/mol. The maximum Gasteiger partial charge on any atom is 0.0825 e. The lowest BCUT2D eigenvalue weighted by atomic mass is 10.2. The number of piperazine rings is 1. The Morgan fingerprint density at radius 3 is 2.33 bits per heavy atom. The molecule has 0 bridgehead atoms. The zero-order chi connectivity index (χ0) is 17.9. The van der Waals surface area contributed by atoms with Crippen LogP contribution in [0.1, 0.15) is 12.0 Å². The van der Waals surface area contributed by atoms with Crippen LogP contribution in [0, 0.1) is 0 Å². The van der Waals surface area contributed by atoms with Gasteiger partial charge in [-0.2, -0.15) is 0 Å². The summed E-state index contributed by atoms with van der Waals surface area (Å²) in [5, 5.41) is 1.31. The molecule has 4 rings (SSSR count).